The highest BCUT2D eigenvalue weighted by Gasteiger charge is 2.20. The van der Waals surface area contributed by atoms with E-state index < -0.39 is 12.0 Å². The standard InChI is InChI=1S/C13H17N3O2/c1-8-5-10-12(6-9(8)2)16(7-15-10)11(3-4-14)13(17)18/h5-7,11H,3-4,14H2,1-2H3,(H,17,18). The second kappa shape index (κ2) is 4.78. The summed E-state index contributed by atoms with van der Waals surface area (Å²) in [6.45, 7) is 4.36. The van der Waals surface area contributed by atoms with Gasteiger partial charge in [0.15, 0.2) is 0 Å². The smallest absolute Gasteiger partial charge is 0.326 e. The van der Waals surface area contributed by atoms with Crippen LogP contribution in [-0.2, 0) is 4.79 Å². The number of carboxylic acid groups (broad SMARTS) is 1. The molecule has 2 rings (SSSR count). The number of rotatable bonds is 4. The fourth-order valence-electron chi connectivity index (χ4n) is 2.07. The summed E-state index contributed by atoms with van der Waals surface area (Å²) in [5.74, 6) is -0.877. The number of carbonyl (C=O) groups is 1. The van der Waals surface area contributed by atoms with Gasteiger partial charge in [0.2, 0.25) is 0 Å². The lowest BCUT2D eigenvalue weighted by Gasteiger charge is -2.14. The Bertz CT molecular complexity index is 589. The topological polar surface area (TPSA) is 81.1 Å². The van der Waals surface area contributed by atoms with Crippen LogP contribution >= 0.6 is 0 Å². The molecule has 0 fully saturated rings. The minimum Gasteiger partial charge on any atom is -0.480 e. The molecule has 0 bridgehead atoms. The van der Waals surface area contributed by atoms with Crippen LogP contribution < -0.4 is 5.73 Å². The maximum absolute atomic E-state index is 11.3. The van der Waals surface area contributed by atoms with Gasteiger partial charge in [0.25, 0.3) is 0 Å². The molecule has 18 heavy (non-hydrogen) atoms. The number of hydrogen-bond donors (Lipinski definition) is 2. The summed E-state index contributed by atoms with van der Waals surface area (Å²) in [5, 5.41) is 9.26. The number of nitrogens with two attached hydrogens (primary N) is 1. The Balaban J connectivity index is 2.56. The molecule has 0 aliphatic rings. The monoisotopic (exact) mass is 247 g/mol. The molecule has 3 N–H and O–H groups in total. The minimum atomic E-state index is -0.877. The lowest BCUT2D eigenvalue weighted by Crippen LogP contribution is -2.21. The minimum absolute atomic E-state index is 0.335. The number of aliphatic carboxylic acids is 1. The molecule has 0 spiro atoms. The van der Waals surface area contributed by atoms with Crippen LogP contribution in [-0.4, -0.2) is 27.2 Å². The van der Waals surface area contributed by atoms with Crippen LogP contribution in [0.5, 0.6) is 0 Å². The van der Waals surface area contributed by atoms with E-state index in [1.807, 2.05) is 26.0 Å². The zero-order chi connectivity index (χ0) is 13.3. The molecule has 1 heterocycles. The van der Waals surface area contributed by atoms with Gasteiger partial charge >= 0.3 is 5.97 Å². The van der Waals surface area contributed by atoms with E-state index in [9.17, 15) is 9.90 Å². The van der Waals surface area contributed by atoms with Crippen LogP contribution in [0.2, 0.25) is 0 Å². The highest BCUT2D eigenvalue weighted by molar-refractivity contribution is 5.81. The van der Waals surface area contributed by atoms with Crippen molar-refractivity contribution in [3.05, 3.63) is 29.6 Å². The predicted octanol–water partition coefficient (Wildman–Crippen LogP) is 1.63. The van der Waals surface area contributed by atoms with Gasteiger partial charge in [0.1, 0.15) is 6.04 Å². The maximum atomic E-state index is 11.3. The summed E-state index contributed by atoms with van der Waals surface area (Å²) < 4.78 is 1.69. The maximum Gasteiger partial charge on any atom is 0.326 e. The van der Waals surface area contributed by atoms with Gasteiger partial charge in [-0.2, -0.15) is 0 Å². The molecule has 1 unspecified atom stereocenters. The Morgan fingerprint density at radius 2 is 2.11 bits per heavy atom. The van der Waals surface area contributed by atoms with Crippen LogP contribution in [0, 0.1) is 13.8 Å². The van der Waals surface area contributed by atoms with Crippen molar-refractivity contribution >= 4 is 17.0 Å². The van der Waals surface area contributed by atoms with E-state index in [-0.39, 0.29) is 0 Å². The van der Waals surface area contributed by atoms with Crippen molar-refractivity contribution in [1.82, 2.24) is 9.55 Å². The quantitative estimate of drug-likeness (QED) is 0.860. The Kier molecular flexibility index (Phi) is 3.34. The van der Waals surface area contributed by atoms with Gasteiger partial charge < -0.3 is 15.4 Å². The Morgan fingerprint density at radius 1 is 1.44 bits per heavy atom. The normalized spacial score (nSPS) is 12.8. The van der Waals surface area contributed by atoms with Crippen molar-refractivity contribution in [3.8, 4) is 0 Å². The third-order valence-corrected chi connectivity index (χ3v) is 3.25. The molecule has 96 valence electrons. The van der Waals surface area contributed by atoms with Gasteiger partial charge in [0.05, 0.1) is 17.4 Å². The summed E-state index contributed by atoms with van der Waals surface area (Å²) in [6, 6.07) is 3.30. The highest BCUT2D eigenvalue weighted by Crippen LogP contribution is 2.23. The van der Waals surface area contributed by atoms with E-state index in [4.69, 9.17) is 5.73 Å². The second-order valence-corrected chi connectivity index (χ2v) is 4.51. The Morgan fingerprint density at radius 3 is 2.72 bits per heavy atom. The van der Waals surface area contributed by atoms with Crippen molar-refractivity contribution in [3.63, 3.8) is 0 Å². The molecular weight excluding hydrogens is 230 g/mol. The van der Waals surface area contributed by atoms with Crippen LogP contribution in [0.4, 0.5) is 0 Å². The van der Waals surface area contributed by atoms with Crippen molar-refractivity contribution in [1.29, 1.82) is 0 Å². The molecule has 0 saturated carbocycles. The van der Waals surface area contributed by atoms with E-state index in [0.717, 1.165) is 22.2 Å². The van der Waals surface area contributed by atoms with Crippen LogP contribution in [0.15, 0.2) is 18.5 Å². The average molecular weight is 247 g/mol. The number of carboxylic acids is 1. The van der Waals surface area contributed by atoms with Crippen LogP contribution in [0.25, 0.3) is 11.0 Å². The average Bonchev–Trinajstić information content (AvgIpc) is 2.69. The lowest BCUT2D eigenvalue weighted by atomic mass is 10.1. The molecule has 1 aromatic carbocycles. The molecule has 0 amide bonds. The van der Waals surface area contributed by atoms with Gasteiger partial charge in [-0.1, -0.05) is 0 Å². The van der Waals surface area contributed by atoms with Gasteiger partial charge in [-0.3, -0.25) is 0 Å². The van der Waals surface area contributed by atoms with Crippen molar-refractivity contribution in [2.45, 2.75) is 26.3 Å². The molecule has 5 heteroatoms. The molecular formula is C13H17N3O2. The second-order valence-electron chi connectivity index (χ2n) is 4.51. The van der Waals surface area contributed by atoms with Gasteiger partial charge in [-0.05, 0) is 50.1 Å². The van der Waals surface area contributed by atoms with Crippen molar-refractivity contribution in [2.75, 3.05) is 6.54 Å². The first-order chi connectivity index (χ1) is 8.54. The summed E-state index contributed by atoms with van der Waals surface area (Å²) in [5.41, 5.74) is 9.42. The Hall–Kier alpha value is -1.88. The van der Waals surface area contributed by atoms with Crippen molar-refractivity contribution in [2.24, 2.45) is 5.73 Å². The number of aromatic nitrogens is 2. The van der Waals surface area contributed by atoms with E-state index in [0.29, 0.717) is 13.0 Å². The third-order valence-electron chi connectivity index (χ3n) is 3.25. The fourth-order valence-corrected chi connectivity index (χ4v) is 2.07. The largest absolute Gasteiger partial charge is 0.480 e. The number of aryl methyl sites for hydroxylation is 2. The molecule has 0 radical (unpaired) electrons. The zero-order valence-corrected chi connectivity index (χ0v) is 10.6. The number of fused-ring (bicyclic) bond motifs is 1. The summed E-state index contributed by atoms with van der Waals surface area (Å²) >= 11 is 0. The van der Waals surface area contributed by atoms with E-state index in [1.165, 1.54) is 0 Å². The van der Waals surface area contributed by atoms with Crippen molar-refractivity contribution < 1.29 is 9.90 Å². The molecule has 0 aliphatic carbocycles. The molecule has 2 aromatic rings. The molecule has 0 aliphatic heterocycles. The number of benzene rings is 1. The Labute approximate surface area is 105 Å². The zero-order valence-electron chi connectivity index (χ0n) is 10.6. The number of hydrogen-bond acceptors (Lipinski definition) is 3. The summed E-state index contributed by atoms with van der Waals surface area (Å²) in [4.78, 5) is 15.5. The predicted molar refractivity (Wildman–Crippen MR) is 69.6 cm³/mol. The SMILES string of the molecule is Cc1cc2ncn(C(CCN)C(=O)O)c2cc1C. The summed E-state index contributed by atoms with van der Waals surface area (Å²) in [7, 11) is 0. The molecule has 1 atom stereocenters. The van der Waals surface area contributed by atoms with Crippen LogP contribution in [0.1, 0.15) is 23.6 Å². The number of nitrogens with zero attached hydrogens (tertiary/aromatic N) is 2. The molecule has 5 nitrogen and oxygen atoms in total. The van der Waals surface area contributed by atoms with Gasteiger partial charge in [-0.15, -0.1) is 0 Å². The summed E-state index contributed by atoms with van der Waals surface area (Å²) in [6.07, 6.45) is 1.98. The first kappa shape index (κ1) is 12.6. The first-order valence-corrected chi connectivity index (χ1v) is 5.91. The molecule has 1 aromatic heterocycles. The van der Waals surface area contributed by atoms with E-state index in [1.54, 1.807) is 10.9 Å². The fraction of sp³-hybridized carbons (Fsp3) is 0.385. The third kappa shape index (κ3) is 2.09. The lowest BCUT2D eigenvalue weighted by molar-refractivity contribution is -0.140. The van der Waals surface area contributed by atoms with E-state index in [2.05, 4.69) is 4.98 Å². The van der Waals surface area contributed by atoms with E-state index >= 15 is 0 Å². The van der Waals surface area contributed by atoms with Gasteiger partial charge in [0, 0.05) is 0 Å². The highest BCUT2D eigenvalue weighted by atomic mass is 16.4. The van der Waals surface area contributed by atoms with Gasteiger partial charge in [-0.25, -0.2) is 9.78 Å². The first-order valence-electron chi connectivity index (χ1n) is 5.91. The number of imidazole rings is 1. The van der Waals surface area contributed by atoms with Crippen LogP contribution in [0.3, 0.4) is 0 Å². The molecule has 0 saturated heterocycles.